The number of rotatable bonds is 6. The van der Waals surface area contributed by atoms with E-state index in [2.05, 4.69) is 18.2 Å². The Labute approximate surface area is 270 Å². The first kappa shape index (κ1) is 33.0. The van der Waals surface area contributed by atoms with Crippen molar-refractivity contribution in [1.82, 2.24) is 4.98 Å². The Morgan fingerprint density at radius 1 is 1.03 bits per heavy atom. The van der Waals surface area contributed by atoms with Gasteiger partial charge in [0.1, 0.15) is 0 Å². The standard InChI is InChI=1S/C22H12NO.C11H20O2.Ir.Y/c1-2-6-15(7-3-1)16-10-11-19-18(12-16)14-24-21-13-17-8-4-5-9-20(17)23-22(19)21;1-8(2)5-10(12)7-11(13)6-9(3)4;;/h1-6,8-10,13H,14H2;7-9,12H,5-6H2,1-4H3;;/q-3;;;/b;10-7-;;. The van der Waals surface area contributed by atoms with Crippen LogP contribution in [-0.2, 0) is 64.2 Å². The van der Waals surface area contributed by atoms with Crippen LogP contribution in [0.5, 0.6) is 5.75 Å². The summed E-state index contributed by atoms with van der Waals surface area (Å²) in [6.07, 6.45) is 2.46. The van der Waals surface area contributed by atoms with Crippen LogP contribution in [0.1, 0.15) is 46.1 Å². The number of ether oxygens (including phenoxy) is 1. The Kier molecular flexibility index (Phi) is 13.2. The zero-order valence-electron chi connectivity index (χ0n) is 22.7. The summed E-state index contributed by atoms with van der Waals surface area (Å²) in [5.74, 6) is 1.79. The number of allylic oxidation sites excluding steroid dienone is 2. The average molecular weight is 772 g/mol. The quantitative estimate of drug-likeness (QED) is 0.123. The smallest absolute Gasteiger partial charge is 0.159 e. The van der Waals surface area contributed by atoms with Gasteiger partial charge in [-0.25, -0.2) is 29.3 Å². The fourth-order valence-corrected chi connectivity index (χ4v) is 4.18. The van der Waals surface area contributed by atoms with Gasteiger partial charge >= 0.3 is 0 Å². The van der Waals surface area contributed by atoms with Gasteiger partial charge in [-0.3, -0.25) is 4.79 Å². The Hall–Kier alpha value is -2.17. The van der Waals surface area contributed by atoms with Crippen molar-refractivity contribution in [2.45, 2.75) is 47.1 Å². The Bertz CT molecular complexity index is 1420. The molecule has 1 N–H and O–H groups in total. The van der Waals surface area contributed by atoms with E-state index in [0.29, 0.717) is 31.3 Å². The fraction of sp³-hybridized carbons (Fsp3) is 0.273. The topological polar surface area (TPSA) is 59.4 Å². The minimum Gasteiger partial charge on any atom is -0.512 e. The Morgan fingerprint density at radius 3 is 2.44 bits per heavy atom. The van der Waals surface area contributed by atoms with Crippen LogP contribution in [0.25, 0.3) is 33.3 Å². The van der Waals surface area contributed by atoms with E-state index >= 15 is 0 Å². The molecule has 0 saturated carbocycles. The first-order valence-electron chi connectivity index (χ1n) is 12.7. The molecule has 6 heteroatoms. The molecule has 1 aromatic heterocycles. The van der Waals surface area contributed by atoms with Crippen molar-refractivity contribution in [3.8, 4) is 28.1 Å². The van der Waals surface area contributed by atoms with Crippen LogP contribution in [0.4, 0.5) is 0 Å². The number of nitrogens with zero attached hydrogens (tertiary/aromatic N) is 1. The molecule has 0 fully saturated rings. The SMILES string of the molecule is CC(C)CC(=O)/C=C(\O)CC(C)C.[Ir].[Y].[c-]1ccccc1-c1[c-]c2c([c-]c1)-c1nc3ccccc3cc1OC2. The maximum absolute atomic E-state index is 11.2. The molecule has 3 aromatic carbocycles. The van der Waals surface area contributed by atoms with E-state index in [1.54, 1.807) is 0 Å². The van der Waals surface area contributed by atoms with E-state index in [4.69, 9.17) is 9.72 Å². The molecular formula is C33H32IrNO3Y-3. The normalized spacial score (nSPS) is 11.8. The summed E-state index contributed by atoms with van der Waals surface area (Å²) in [5.41, 5.74) is 5.74. The van der Waals surface area contributed by atoms with Crippen molar-refractivity contribution >= 4 is 16.7 Å². The van der Waals surface area contributed by atoms with Crippen molar-refractivity contribution in [3.05, 3.63) is 96.3 Å². The van der Waals surface area contributed by atoms with Gasteiger partial charge in [0.25, 0.3) is 0 Å². The van der Waals surface area contributed by atoms with Crippen LogP contribution in [-0.4, -0.2) is 15.9 Å². The fourth-order valence-electron chi connectivity index (χ4n) is 4.18. The maximum atomic E-state index is 11.2. The maximum Gasteiger partial charge on any atom is 0.159 e. The molecule has 5 rings (SSSR count). The van der Waals surface area contributed by atoms with Crippen LogP contribution in [0.15, 0.2) is 72.5 Å². The summed E-state index contributed by atoms with van der Waals surface area (Å²) in [5, 5.41) is 10.4. The van der Waals surface area contributed by atoms with Crippen LogP contribution < -0.4 is 4.74 Å². The van der Waals surface area contributed by atoms with E-state index in [1.165, 1.54) is 6.08 Å². The number of para-hydroxylation sites is 1. The molecule has 0 aliphatic carbocycles. The third-order valence-corrected chi connectivity index (χ3v) is 5.80. The van der Waals surface area contributed by atoms with Crippen molar-refractivity contribution in [2.75, 3.05) is 0 Å². The Morgan fingerprint density at radius 2 is 1.74 bits per heavy atom. The summed E-state index contributed by atoms with van der Waals surface area (Å²) in [6.45, 7) is 8.49. The molecule has 2 heterocycles. The minimum atomic E-state index is 0. The Balaban J connectivity index is 0.000000310. The van der Waals surface area contributed by atoms with Crippen LogP contribution in [0.3, 0.4) is 0 Å². The summed E-state index contributed by atoms with van der Waals surface area (Å²) in [4.78, 5) is 16.0. The van der Waals surface area contributed by atoms with E-state index < -0.39 is 0 Å². The van der Waals surface area contributed by atoms with E-state index in [-0.39, 0.29) is 64.4 Å². The molecule has 0 atom stereocenters. The molecule has 1 aliphatic heterocycles. The summed E-state index contributed by atoms with van der Waals surface area (Å²) in [7, 11) is 0. The van der Waals surface area contributed by atoms with Gasteiger partial charge in [-0.2, -0.15) is 35.4 Å². The van der Waals surface area contributed by atoms with Gasteiger partial charge in [-0.15, -0.1) is 6.07 Å². The molecule has 1 aliphatic rings. The third kappa shape index (κ3) is 9.18. The molecule has 0 unspecified atom stereocenters. The van der Waals surface area contributed by atoms with Crippen molar-refractivity contribution in [2.24, 2.45) is 11.8 Å². The minimum absolute atomic E-state index is 0. The van der Waals surface area contributed by atoms with Crippen molar-refractivity contribution < 1.29 is 67.5 Å². The zero-order valence-corrected chi connectivity index (χ0v) is 28.0. The number of aromatic nitrogens is 1. The summed E-state index contributed by atoms with van der Waals surface area (Å²) >= 11 is 0. The first-order chi connectivity index (χ1) is 17.8. The number of carbonyl (C=O) groups excluding carboxylic acids is 1. The molecule has 0 spiro atoms. The van der Waals surface area contributed by atoms with Gasteiger partial charge in [0, 0.05) is 77.1 Å². The number of hydrogen-bond acceptors (Lipinski definition) is 4. The molecule has 4 nitrogen and oxygen atoms in total. The zero-order chi connectivity index (χ0) is 26.4. The first-order valence-corrected chi connectivity index (χ1v) is 12.7. The van der Waals surface area contributed by atoms with Crippen LogP contribution in [0, 0.1) is 30.0 Å². The predicted octanol–water partition coefficient (Wildman–Crippen LogP) is 7.95. The molecule has 0 saturated heterocycles. The molecule has 0 bridgehead atoms. The molecule has 4 aromatic rings. The molecule has 202 valence electrons. The van der Waals surface area contributed by atoms with Gasteiger partial charge in [0.2, 0.25) is 0 Å². The number of ketones is 1. The number of aliphatic hydroxyl groups is 1. The molecular weight excluding hydrogens is 739 g/mol. The largest absolute Gasteiger partial charge is 0.512 e. The number of fused-ring (bicyclic) bond motifs is 4. The van der Waals surface area contributed by atoms with Crippen molar-refractivity contribution in [1.29, 1.82) is 0 Å². The molecule has 2 radical (unpaired) electrons. The van der Waals surface area contributed by atoms with E-state index in [9.17, 15) is 9.90 Å². The average Bonchev–Trinajstić information content (AvgIpc) is 2.87. The number of carbonyl (C=O) groups is 1. The van der Waals surface area contributed by atoms with Gasteiger partial charge in [-0.05, 0) is 29.7 Å². The van der Waals surface area contributed by atoms with E-state index in [0.717, 1.165) is 44.6 Å². The predicted molar refractivity (Wildman–Crippen MR) is 148 cm³/mol. The molecule has 0 amide bonds. The summed E-state index contributed by atoms with van der Waals surface area (Å²) < 4.78 is 5.92. The van der Waals surface area contributed by atoms with Gasteiger partial charge < -0.3 is 14.8 Å². The van der Waals surface area contributed by atoms with Gasteiger partial charge in [0.15, 0.2) is 5.78 Å². The number of pyridine rings is 1. The summed E-state index contributed by atoms with van der Waals surface area (Å²) in [6, 6.07) is 30.0. The third-order valence-electron chi connectivity index (χ3n) is 5.80. The second-order valence-corrected chi connectivity index (χ2v) is 10.1. The number of benzene rings is 3. The van der Waals surface area contributed by atoms with Crippen LogP contribution in [0.2, 0.25) is 0 Å². The van der Waals surface area contributed by atoms with Gasteiger partial charge in [-0.1, -0.05) is 45.9 Å². The number of aliphatic hydroxyl groups excluding tert-OH is 1. The van der Waals surface area contributed by atoms with Gasteiger partial charge in [0.05, 0.1) is 23.6 Å². The van der Waals surface area contributed by atoms with Crippen LogP contribution >= 0.6 is 0 Å². The molecule has 39 heavy (non-hydrogen) atoms. The number of hydrogen-bond donors (Lipinski definition) is 1. The van der Waals surface area contributed by atoms with E-state index in [1.807, 2.05) is 88.4 Å². The van der Waals surface area contributed by atoms with Crippen molar-refractivity contribution in [3.63, 3.8) is 0 Å². The second kappa shape index (κ2) is 15.6. The second-order valence-electron chi connectivity index (χ2n) is 10.1. The monoisotopic (exact) mass is 772 g/mol.